The third-order valence-electron chi connectivity index (χ3n) is 6.61. The Balaban J connectivity index is 1.32. The van der Waals surface area contributed by atoms with E-state index in [1.165, 1.54) is 0 Å². The molecule has 9 nitrogen and oxygen atoms in total. The number of hydrogen-bond donors (Lipinski definition) is 4. The van der Waals surface area contributed by atoms with Gasteiger partial charge in [0.05, 0.1) is 11.9 Å². The van der Waals surface area contributed by atoms with Gasteiger partial charge < -0.3 is 25.7 Å². The highest BCUT2D eigenvalue weighted by Gasteiger charge is 2.24. The average molecular weight is 519 g/mol. The van der Waals surface area contributed by atoms with Gasteiger partial charge in [-0.05, 0) is 62.2 Å². The van der Waals surface area contributed by atoms with Crippen LogP contribution >= 0.6 is 8.58 Å². The van der Waals surface area contributed by atoms with Gasteiger partial charge in [0, 0.05) is 48.3 Å². The van der Waals surface area contributed by atoms with E-state index in [1.54, 1.807) is 24.3 Å². The van der Waals surface area contributed by atoms with E-state index in [4.69, 9.17) is 4.98 Å². The molecule has 4 aromatic rings. The molecule has 37 heavy (non-hydrogen) atoms. The first-order chi connectivity index (χ1) is 17.9. The minimum absolute atomic E-state index is 0.133. The fourth-order valence-electron chi connectivity index (χ4n) is 4.80. The SMILES string of the molecule is CPc1cnn2c(NCC3CCCN(C(=O)Nc4cc(C)cc(O)c4)C3)cc(-c3ccccc3O)nc12. The lowest BCUT2D eigenvalue weighted by atomic mass is 9.98. The Kier molecular flexibility index (Phi) is 7.15. The molecule has 0 bridgehead atoms. The van der Waals surface area contributed by atoms with Crippen molar-refractivity contribution in [2.45, 2.75) is 19.8 Å². The molecule has 1 aliphatic rings. The molecular weight excluding hydrogens is 487 g/mol. The molecular formula is C27H31N6O3P. The quantitative estimate of drug-likeness (QED) is 0.281. The summed E-state index contributed by atoms with van der Waals surface area (Å²) in [5, 5.41) is 32.3. The van der Waals surface area contributed by atoms with Gasteiger partial charge in [-0.1, -0.05) is 20.7 Å². The van der Waals surface area contributed by atoms with Crippen molar-refractivity contribution >= 4 is 37.1 Å². The number of nitrogens with zero attached hydrogens (tertiary/aromatic N) is 4. The maximum Gasteiger partial charge on any atom is 0.321 e. The minimum Gasteiger partial charge on any atom is -0.508 e. The first-order valence-corrected chi connectivity index (χ1v) is 13.9. The van der Waals surface area contributed by atoms with Crippen molar-refractivity contribution in [3.63, 3.8) is 0 Å². The highest BCUT2D eigenvalue weighted by atomic mass is 31.1. The second-order valence-electron chi connectivity index (χ2n) is 9.41. The fourth-order valence-corrected chi connectivity index (χ4v) is 5.37. The number of carbonyl (C=O) groups excluding carboxylic acids is 1. The van der Waals surface area contributed by atoms with E-state index in [9.17, 15) is 15.0 Å². The molecule has 4 N–H and O–H groups in total. The number of rotatable bonds is 6. The first-order valence-electron chi connectivity index (χ1n) is 12.4. The highest BCUT2D eigenvalue weighted by molar-refractivity contribution is 7.46. The van der Waals surface area contributed by atoms with Crippen molar-refractivity contribution in [3.8, 4) is 22.8 Å². The maximum atomic E-state index is 12.9. The molecule has 0 aliphatic carbocycles. The Morgan fingerprint density at radius 2 is 2.03 bits per heavy atom. The number of aryl methyl sites for hydroxylation is 1. The number of phenolic OH excluding ortho intramolecular Hbond substituents is 2. The summed E-state index contributed by atoms with van der Waals surface area (Å²) in [6, 6.07) is 14.0. The normalized spacial score (nSPS) is 15.9. The van der Waals surface area contributed by atoms with Crippen LogP contribution in [0.15, 0.2) is 54.7 Å². The lowest BCUT2D eigenvalue weighted by Gasteiger charge is -2.33. The van der Waals surface area contributed by atoms with Crippen LogP contribution in [-0.2, 0) is 0 Å². The van der Waals surface area contributed by atoms with Gasteiger partial charge in [-0.3, -0.25) is 0 Å². The van der Waals surface area contributed by atoms with Crippen molar-refractivity contribution in [2.75, 3.05) is 36.9 Å². The number of phenols is 2. The number of piperidine rings is 1. The van der Waals surface area contributed by atoms with E-state index in [0.717, 1.165) is 35.2 Å². The molecule has 3 heterocycles. The van der Waals surface area contributed by atoms with Gasteiger partial charge in [-0.25, -0.2) is 9.78 Å². The number of benzene rings is 2. The Bertz CT molecular complexity index is 1420. The number of amides is 2. The molecule has 192 valence electrons. The fraction of sp³-hybridized carbons (Fsp3) is 0.296. The van der Waals surface area contributed by atoms with E-state index in [1.807, 2.05) is 46.8 Å². The van der Waals surface area contributed by atoms with Crippen LogP contribution in [-0.4, -0.2) is 62.0 Å². The van der Waals surface area contributed by atoms with Crippen LogP contribution in [0, 0.1) is 12.8 Å². The van der Waals surface area contributed by atoms with Gasteiger partial charge in [0.25, 0.3) is 0 Å². The van der Waals surface area contributed by atoms with Crippen molar-refractivity contribution in [1.82, 2.24) is 19.5 Å². The average Bonchev–Trinajstić information content (AvgIpc) is 3.30. The smallest absolute Gasteiger partial charge is 0.321 e. The largest absolute Gasteiger partial charge is 0.508 e. The number of aromatic nitrogens is 3. The lowest BCUT2D eigenvalue weighted by Crippen LogP contribution is -2.44. The molecule has 2 aromatic carbocycles. The van der Waals surface area contributed by atoms with E-state index >= 15 is 0 Å². The molecule has 2 aromatic heterocycles. The number of aromatic hydroxyl groups is 2. The molecule has 1 fully saturated rings. The lowest BCUT2D eigenvalue weighted by molar-refractivity contribution is 0.180. The van der Waals surface area contributed by atoms with E-state index in [2.05, 4.69) is 22.4 Å². The molecule has 0 spiro atoms. The van der Waals surface area contributed by atoms with Crippen LogP contribution in [0.2, 0.25) is 0 Å². The number of carbonyl (C=O) groups is 1. The number of para-hydroxylation sites is 1. The van der Waals surface area contributed by atoms with E-state index < -0.39 is 0 Å². The zero-order chi connectivity index (χ0) is 25.9. The second kappa shape index (κ2) is 10.6. The molecule has 2 amide bonds. The Morgan fingerprint density at radius 1 is 1.19 bits per heavy atom. The highest BCUT2D eigenvalue weighted by Crippen LogP contribution is 2.30. The molecule has 1 aliphatic heterocycles. The summed E-state index contributed by atoms with van der Waals surface area (Å²) in [5.41, 5.74) is 3.59. The number of urea groups is 1. The summed E-state index contributed by atoms with van der Waals surface area (Å²) in [6.07, 6.45) is 3.76. The molecule has 2 atom stereocenters. The number of nitrogens with one attached hydrogen (secondary N) is 2. The van der Waals surface area contributed by atoms with Gasteiger partial charge in [-0.2, -0.15) is 9.61 Å². The summed E-state index contributed by atoms with van der Waals surface area (Å²) in [4.78, 5) is 19.6. The molecule has 10 heteroatoms. The Morgan fingerprint density at radius 3 is 2.81 bits per heavy atom. The number of anilines is 2. The molecule has 2 unspecified atom stereocenters. The predicted molar refractivity (Wildman–Crippen MR) is 149 cm³/mol. The zero-order valence-corrected chi connectivity index (χ0v) is 21.9. The number of hydrogen-bond acceptors (Lipinski definition) is 6. The predicted octanol–water partition coefficient (Wildman–Crippen LogP) is 4.41. The van der Waals surface area contributed by atoms with E-state index in [0.29, 0.717) is 45.2 Å². The summed E-state index contributed by atoms with van der Waals surface area (Å²) >= 11 is 0. The number of fused-ring (bicyclic) bond motifs is 1. The topological polar surface area (TPSA) is 115 Å². The Hall–Kier alpha value is -3.84. The first kappa shape index (κ1) is 24.8. The van der Waals surface area contributed by atoms with Gasteiger partial charge in [0.15, 0.2) is 5.65 Å². The third kappa shape index (κ3) is 5.47. The molecule has 1 saturated heterocycles. The van der Waals surface area contributed by atoms with Gasteiger partial charge in [-0.15, -0.1) is 0 Å². The monoisotopic (exact) mass is 518 g/mol. The van der Waals surface area contributed by atoms with Gasteiger partial charge in [0.1, 0.15) is 17.3 Å². The van der Waals surface area contributed by atoms with E-state index in [-0.39, 0.29) is 23.4 Å². The van der Waals surface area contributed by atoms with Crippen molar-refractivity contribution in [3.05, 3.63) is 60.3 Å². The summed E-state index contributed by atoms with van der Waals surface area (Å²) in [5.74, 6) is 1.37. The molecule has 0 radical (unpaired) electrons. The van der Waals surface area contributed by atoms with Crippen molar-refractivity contribution < 1.29 is 15.0 Å². The van der Waals surface area contributed by atoms with Crippen LogP contribution in [0.4, 0.5) is 16.3 Å². The van der Waals surface area contributed by atoms with Crippen LogP contribution in [0.5, 0.6) is 11.5 Å². The standard InChI is InChI=1S/C27H31N6O3P/c1-17-10-19(12-20(34)11-17)30-27(36)32-9-5-6-18(16-32)14-28-25-13-22(21-7-3-4-8-23(21)35)31-26-24(37-2)15-29-33(25)26/h3-4,7-8,10-13,15,18,28,34-35,37H,5-6,9,14,16H2,1-2H3,(H,30,36). The third-order valence-corrected chi connectivity index (χ3v) is 7.50. The van der Waals surface area contributed by atoms with Crippen LogP contribution in [0.25, 0.3) is 16.9 Å². The van der Waals surface area contributed by atoms with Crippen LogP contribution in [0.3, 0.4) is 0 Å². The second-order valence-corrected chi connectivity index (χ2v) is 10.4. The van der Waals surface area contributed by atoms with Crippen LogP contribution < -0.4 is 15.9 Å². The summed E-state index contributed by atoms with van der Waals surface area (Å²) in [7, 11) is 0.539. The summed E-state index contributed by atoms with van der Waals surface area (Å²) in [6.45, 7) is 5.95. The molecule has 5 rings (SSSR count). The Labute approximate surface area is 217 Å². The zero-order valence-electron chi connectivity index (χ0n) is 20.9. The van der Waals surface area contributed by atoms with Crippen LogP contribution in [0.1, 0.15) is 18.4 Å². The molecule has 0 saturated carbocycles. The van der Waals surface area contributed by atoms with Gasteiger partial charge >= 0.3 is 6.03 Å². The summed E-state index contributed by atoms with van der Waals surface area (Å²) < 4.78 is 1.81. The van der Waals surface area contributed by atoms with Crippen molar-refractivity contribution in [1.29, 1.82) is 0 Å². The van der Waals surface area contributed by atoms with Crippen molar-refractivity contribution in [2.24, 2.45) is 5.92 Å². The van der Waals surface area contributed by atoms with Gasteiger partial charge in [0.2, 0.25) is 0 Å². The minimum atomic E-state index is -0.163. The maximum absolute atomic E-state index is 12.9. The number of likely N-dealkylation sites (tertiary alicyclic amines) is 1.